The van der Waals surface area contributed by atoms with Crippen LogP contribution in [0.2, 0.25) is 0 Å². The van der Waals surface area contributed by atoms with Crippen molar-refractivity contribution in [2.75, 3.05) is 6.61 Å². The first kappa shape index (κ1) is 14.0. The second-order valence-electron chi connectivity index (χ2n) is 3.99. The minimum absolute atomic E-state index is 0.0521. The van der Waals surface area contributed by atoms with Crippen molar-refractivity contribution in [2.45, 2.75) is 32.1 Å². The highest BCUT2D eigenvalue weighted by atomic mass is 16.5. The second kappa shape index (κ2) is 7.33. The van der Waals surface area contributed by atoms with Crippen molar-refractivity contribution < 1.29 is 14.6 Å². The molecule has 0 fully saturated rings. The summed E-state index contributed by atoms with van der Waals surface area (Å²) in [5, 5.41) is 17.8. The van der Waals surface area contributed by atoms with Crippen LogP contribution >= 0.6 is 0 Å². The summed E-state index contributed by atoms with van der Waals surface area (Å²) in [5.74, 6) is -1.26. The Kier molecular flexibility index (Phi) is 5.72. The van der Waals surface area contributed by atoms with Gasteiger partial charge in [0.1, 0.15) is 5.75 Å². The molecule has 0 saturated heterocycles. The molecule has 18 heavy (non-hydrogen) atoms. The molecular weight excluding hydrogens is 230 g/mol. The van der Waals surface area contributed by atoms with Crippen molar-refractivity contribution in [3.8, 4) is 11.8 Å². The minimum Gasteiger partial charge on any atom is -0.493 e. The van der Waals surface area contributed by atoms with E-state index in [0.29, 0.717) is 17.9 Å². The number of aliphatic carboxylic acids is 1. The summed E-state index contributed by atoms with van der Waals surface area (Å²) < 4.78 is 5.58. The second-order valence-corrected chi connectivity index (χ2v) is 3.99. The molecule has 0 aliphatic heterocycles. The molecule has 0 aliphatic carbocycles. The molecule has 1 aromatic rings. The number of hydrogen-bond acceptors (Lipinski definition) is 3. The molecule has 0 unspecified atom stereocenters. The Morgan fingerprint density at radius 3 is 2.83 bits per heavy atom. The zero-order valence-electron chi connectivity index (χ0n) is 10.4. The lowest BCUT2D eigenvalue weighted by molar-refractivity contribution is -0.138. The van der Waals surface area contributed by atoms with E-state index in [-0.39, 0.29) is 6.42 Å². The van der Waals surface area contributed by atoms with E-state index in [1.807, 2.05) is 6.07 Å². The van der Waals surface area contributed by atoms with Crippen LogP contribution in [0.3, 0.4) is 0 Å². The van der Waals surface area contributed by atoms with E-state index in [4.69, 9.17) is 15.1 Å². The molecule has 0 spiro atoms. The molecule has 0 heterocycles. The van der Waals surface area contributed by atoms with Gasteiger partial charge in [0, 0.05) is 5.56 Å². The molecular formula is C14H17NO3. The van der Waals surface area contributed by atoms with Crippen molar-refractivity contribution in [3.63, 3.8) is 0 Å². The Labute approximate surface area is 107 Å². The summed E-state index contributed by atoms with van der Waals surface area (Å²) in [4.78, 5) is 11.2. The van der Waals surface area contributed by atoms with Crippen LogP contribution in [-0.2, 0) is 4.79 Å². The molecule has 1 N–H and O–H groups in total. The van der Waals surface area contributed by atoms with Gasteiger partial charge in [-0.05, 0) is 12.5 Å². The first-order valence-electron chi connectivity index (χ1n) is 6.02. The Hall–Kier alpha value is -2.02. The van der Waals surface area contributed by atoms with Gasteiger partial charge in [0.2, 0.25) is 0 Å². The van der Waals surface area contributed by atoms with Crippen molar-refractivity contribution in [2.24, 2.45) is 0 Å². The fourth-order valence-corrected chi connectivity index (χ4v) is 1.65. The highest BCUT2D eigenvalue weighted by molar-refractivity contribution is 5.77. The van der Waals surface area contributed by atoms with Gasteiger partial charge in [-0.25, -0.2) is 0 Å². The zero-order chi connectivity index (χ0) is 13.4. The normalized spacial score (nSPS) is 11.6. The fourth-order valence-electron chi connectivity index (χ4n) is 1.65. The van der Waals surface area contributed by atoms with E-state index < -0.39 is 11.9 Å². The van der Waals surface area contributed by atoms with Gasteiger partial charge in [0.05, 0.1) is 25.0 Å². The van der Waals surface area contributed by atoms with Crippen LogP contribution in [0.5, 0.6) is 5.75 Å². The average Bonchev–Trinajstić information content (AvgIpc) is 2.37. The number of nitrogens with zero attached hydrogens (tertiary/aromatic N) is 1. The minimum atomic E-state index is -0.997. The molecule has 4 nitrogen and oxygen atoms in total. The van der Waals surface area contributed by atoms with E-state index in [0.717, 1.165) is 12.8 Å². The molecule has 0 bridgehead atoms. The van der Waals surface area contributed by atoms with Gasteiger partial charge in [-0.3, -0.25) is 4.79 Å². The molecule has 1 rings (SSSR count). The summed E-state index contributed by atoms with van der Waals surface area (Å²) in [7, 11) is 0. The van der Waals surface area contributed by atoms with Gasteiger partial charge in [-0.2, -0.15) is 5.26 Å². The number of hydrogen-bond donors (Lipinski definition) is 1. The van der Waals surface area contributed by atoms with Gasteiger partial charge in [0.15, 0.2) is 0 Å². The van der Waals surface area contributed by atoms with Crippen LogP contribution < -0.4 is 4.74 Å². The molecule has 1 aromatic carbocycles. The molecule has 0 aliphatic rings. The maximum absolute atomic E-state index is 11.2. The largest absolute Gasteiger partial charge is 0.493 e. The number of rotatable bonds is 7. The van der Waals surface area contributed by atoms with Crippen LogP contribution in [0, 0.1) is 11.3 Å². The average molecular weight is 247 g/mol. The SMILES string of the molecule is CCCCOc1ccccc1[C@@H](CC#N)C(=O)O. The van der Waals surface area contributed by atoms with Crippen LogP contribution in [0.15, 0.2) is 24.3 Å². The van der Waals surface area contributed by atoms with Gasteiger partial charge in [-0.15, -0.1) is 0 Å². The molecule has 0 saturated carbocycles. The number of nitriles is 1. The molecule has 0 aromatic heterocycles. The number of carboxylic acid groups (broad SMARTS) is 1. The summed E-state index contributed by atoms with van der Waals surface area (Å²) >= 11 is 0. The maximum Gasteiger partial charge on any atom is 0.312 e. The fraction of sp³-hybridized carbons (Fsp3) is 0.429. The highest BCUT2D eigenvalue weighted by Gasteiger charge is 2.22. The van der Waals surface area contributed by atoms with Crippen LogP contribution in [-0.4, -0.2) is 17.7 Å². The Bertz CT molecular complexity index is 437. The summed E-state index contributed by atoms with van der Waals surface area (Å²) in [6.45, 7) is 2.62. The van der Waals surface area contributed by atoms with Crippen molar-refractivity contribution >= 4 is 5.97 Å². The highest BCUT2D eigenvalue weighted by Crippen LogP contribution is 2.29. The zero-order valence-corrected chi connectivity index (χ0v) is 10.4. The third-order valence-corrected chi connectivity index (χ3v) is 2.64. The van der Waals surface area contributed by atoms with Crippen molar-refractivity contribution in [1.29, 1.82) is 5.26 Å². The topological polar surface area (TPSA) is 70.3 Å². The molecule has 1 atom stereocenters. The predicted octanol–water partition coefficient (Wildman–Crippen LogP) is 2.95. The molecule has 0 amide bonds. The predicted molar refractivity (Wildman–Crippen MR) is 67.5 cm³/mol. The number of para-hydroxylation sites is 1. The Morgan fingerprint density at radius 2 is 2.22 bits per heavy atom. The maximum atomic E-state index is 11.2. The number of unbranched alkanes of at least 4 members (excludes halogenated alkanes) is 1. The van der Waals surface area contributed by atoms with E-state index in [9.17, 15) is 4.79 Å². The smallest absolute Gasteiger partial charge is 0.312 e. The molecule has 0 radical (unpaired) electrons. The Morgan fingerprint density at radius 1 is 1.50 bits per heavy atom. The lowest BCUT2D eigenvalue weighted by Gasteiger charge is -2.15. The lowest BCUT2D eigenvalue weighted by Crippen LogP contribution is -2.13. The van der Waals surface area contributed by atoms with Crippen molar-refractivity contribution in [3.05, 3.63) is 29.8 Å². The monoisotopic (exact) mass is 247 g/mol. The first-order valence-corrected chi connectivity index (χ1v) is 6.02. The van der Waals surface area contributed by atoms with Crippen LogP contribution in [0.1, 0.15) is 37.7 Å². The summed E-state index contributed by atoms with van der Waals surface area (Å²) in [6.07, 6.45) is 1.89. The quantitative estimate of drug-likeness (QED) is 0.752. The first-order chi connectivity index (χ1) is 8.70. The molecule has 4 heteroatoms. The van der Waals surface area contributed by atoms with Crippen molar-refractivity contribution in [1.82, 2.24) is 0 Å². The lowest BCUT2D eigenvalue weighted by atomic mass is 9.95. The third kappa shape index (κ3) is 3.77. The van der Waals surface area contributed by atoms with Crippen LogP contribution in [0.4, 0.5) is 0 Å². The van der Waals surface area contributed by atoms with Crippen LogP contribution in [0.25, 0.3) is 0 Å². The molecule has 96 valence electrons. The Balaban J connectivity index is 2.92. The summed E-state index contributed by atoms with van der Waals surface area (Å²) in [5.41, 5.74) is 0.572. The van der Waals surface area contributed by atoms with Gasteiger partial charge < -0.3 is 9.84 Å². The third-order valence-electron chi connectivity index (χ3n) is 2.64. The van der Waals surface area contributed by atoms with E-state index >= 15 is 0 Å². The van der Waals surface area contributed by atoms with Gasteiger partial charge in [-0.1, -0.05) is 31.5 Å². The van der Waals surface area contributed by atoms with E-state index in [1.165, 1.54) is 0 Å². The van der Waals surface area contributed by atoms with Gasteiger partial charge >= 0.3 is 5.97 Å². The number of carboxylic acids is 1. The number of carbonyl (C=O) groups is 1. The van der Waals surface area contributed by atoms with E-state index in [2.05, 4.69) is 6.92 Å². The summed E-state index contributed by atoms with van der Waals surface area (Å²) in [6, 6.07) is 8.92. The standard InChI is InChI=1S/C14H17NO3/c1-2-3-10-18-13-7-5-4-6-11(13)12(8-9-15)14(16)17/h4-7,12H,2-3,8,10H2,1H3,(H,16,17)/t12-/m1/s1. The number of benzene rings is 1. The number of ether oxygens (including phenoxy) is 1. The van der Waals surface area contributed by atoms with Gasteiger partial charge in [0.25, 0.3) is 0 Å². The van der Waals surface area contributed by atoms with E-state index in [1.54, 1.807) is 24.3 Å².